The topological polar surface area (TPSA) is 52.6 Å². The number of hydrogen-bond acceptors (Lipinski definition) is 4. The summed E-state index contributed by atoms with van der Waals surface area (Å²) in [6, 6.07) is 19.1. The van der Waals surface area contributed by atoms with E-state index in [1.165, 1.54) is 6.26 Å². The van der Waals surface area contributed by atoms with Crippen molar-refractivity contribution in [3.05, 3.63) is 83.2 Å². The molecule has 0 aliphatic carbocycles. The molecule has 0 aromatic heterocycles. The Labute approximate surface area is 183 Å². The minimum atomic E-state index is -3.06. The highest BCUT2D eigenvalue weighted by molar-refractivity contribution is 7.90. The summed E-state index contributed by atoms with van der Waals surface area (Å²) in [5, 5.41) is 0. The Bertz CT molecular complexity index is 1140. The molecule has 0 amide bonds. The van der Waals surface area contributed by atoms with Crippen LogP contribution in [0.2, 0.25) is 0 Å². The van der Waals surface area contributed by atoms with Crippen molar-refractivity contribution in [3.63, 3.8) is 0 Å². The molecule has 0 bridgehead atoms. The van der Waals surface area contributed by atoms with Gasteiger partial charge in [0.15, 0.2) is 11.6 Å². The van der Waals surface area contributed by atoms with Crippen molar-refractivity contribution >= 4 is 9.84 Å². The maximum atomic E-state index is 15.0. The Hall–Kier alpha value is -2.86. The highest BCUT2D eigenvalue weighted by atomic mass is 32.2. The fourth-order valence-corrected chi connectivity index (χ4v) is 4.12. The second kappa shape index (κ2) is 9.96. The van der Waals surface area contributed by atoms with Gasteiger partial charge in [0.05, 0.1) is 12.4 Å². The normalized spacial score (nSPS) is 11.4. The molecule has 0 radical (unpaired) electrons. The molecule has 0 aliphatic rings. The maximum absolute atomic E-state index is 15.0. The summed E-state index contributed by atoms with van der Waals surface area (Å²) < 4.78 is 48.8. The molecule has 3 aromatic rings. The molecular formula is C25H27FO4S. The van der Waals surface area contributed by atoms with Gasteiger partial charge < -0.3 is 9.47 Å². The first kappa shape index (κ1) is 22.8. The number of halogens is 1. The zero-order valence-electron chi connectivity index (χ0n) is 18.0. The van der Waals surface area contributed by atoms with Gasteiger partial charge in [-0.25, -0.2) is 12.8 Å². The molecule has 31 heavy (non-hydrogen) atoms. The van der Waals surface area contributed by atoms with Crippen LogP contribution in [0.3, 0.4) is 0 Å². The smallest absolute Gasteiger partial charge is 0.168 e. The molecule has 0 fully saturated rings. The first-order valence-corrected chi connectivity index (χ1v) is 12.2. The molecular weight excluding hydrogens is 415 g/mol. The van der Waals surface area contributed by atoms with Crippen molar-refractivity contribution in [3.8, 4) is 22.6 Å². The molecule has 0 unspecified atom stereocenters. The first-order chi connectivity index (χ1) is 14.7. The van der Waals surface area contributed by atoms with Crippen molar-refractivity contribution in [1.82, 2.24) is 0 Å². The van der Waals surface area contributed by atoms with E-state index in [1.807, 2.05) is 61.5 Å². The minimum absolute atomic E-state index is 0.0164. The fraction of sp³-hybridized carbons (Fsp3) is 0.280. The van der Waals surface area contributed by atoms with Gasteiger partial charge in [-0.05, 0) is 72.4 Å². The van der Waals surface area contributed by atoms with Crippen molar-refractivity contribution in [2.45, 2.75) is 26.9 Å². The standard InChI is InChI=1S/C25H27FO4S/c1-18-15-23(29-13-8-14-31(3,27)28)25(26)19(2)24(18)21-10-7-9-20(16-21)17-30-22-11-5-4-6-12-22/h4-7,9-12,15-16H,8,13-14,17H2,1-3H3. The molecule has 0 N–H and O–H groups in total. The molecule has 0 aliphatic heterocycles. The molecule has 0 heterocycles. The molecule has 0 saturated heterocycles. The number of para-hydroxylation sites is 1. The molecule has 3 aromatic carbocycles. The van der Waals surface area contributed by atoms with Gasteiger partial charge in [-0.1, -0.05) is 36.4 Å². The van der Waals surface area contributed by atoms with Crippen molar-refractivity contribution < 1.29 is 22.3 Å². The Balaban J connectivity index is 1.77. The van der Waals surface area contributed by atoms with E-state index in [2.05, 4.69) is 0 Å². The molecule has 0 saturated carbocycles. The van der Waals surface area contributed by atoms with E-state index in [4.69, 9.17) is 9.47 Å². The molecule has 164 valence electrons. The lowest BCUT2D eigenvalue weighted by molar-refractivity contribution is 0.301. The average molecular weight is 443 g/mol. The van der Waals surface area contributed by atoms with Crippen LogP contribution in [0.5, 0.6) is 11.5 Å². The maximum Gasteiger partial charge on any atom is 0.168 e. The highest BCUT2D eigenvalue weighted by Crippen LogP contribution is 2.34. The number of rotatable bonds is 9. The number of hydrogen-bond donors (Lipinski definition) is 0. The SMILES string of the molecule is Cc1cc(OCCCS(C)(=O)=O)c(F)c(C)c1-c1cccc(COc2ccccc2)c1. The van der Waals surface area contributed by atoms with Crippen LogP contribution < -0.4 is 9.47 Å². The van der Waals surface area contributed by atoms with Crippen molar-refractivity contribution in [1.29, 1.82) is 0 Å². The van der Waals surface area contributed by atoms with E-state index in [9.17, 15) is 12.8 Å². The zero-order chi connectivity index (χ0) is 22.4. The first-order valence-electron chi connectivity index (χ1n) is 10.1. The Morgan fingerprint density at radius 3 is 2.39 bits per heavy atom. The van der Waals surface area contributed by atoms with Gasteiger partial charge in [-0.2, -0.15) is 0 Å². The predicted octanol–water partition coefficient (Wildman–Crippen LogP) is 5.50. The van der Waals surface area contributed by atoms with Crippen molar-refractivity contribution in [2.75, 3.05) is 18.6 Å². The van der Waals surface area contributed by atoms with E-state index >= 15 is 0 Å². The van der Waals surface area contributed by atoms with Crippen LogP contribution in [0, 0.1) is 19.7 Å². The summed E-state index contributed by atoms with van der Waals surface area (Å²) in [6.07, 6.45) is 1.50. The summed E-state index contributed by atoms with van der Waals surface area (Å²) in [5.74, 6) is 0.535. The van der Waals surface area contributed by atoms with E-state index in [1.54, 1.807) is 13.0 Å². The lowest BCUT2D eigenvalue weighted by Crippen LogP contribution is -2.09. The van der Waals surface area contributed by atoms with Gasteiger partial charge in [0.25, 0.3) is 0 Å². The zero-order valence-corrected chi connectivity index (χ0v) is 18.8. The molecule has 3 rings (SSSR count). The monoisotopic (exact) mass is 442 g/mol. The highest BCUT2D eigenvalue weighted by Gasteiger charge is 2.16. The van der Waals surface area contributed by atoms with Gasteiger partial charge in [0.2, 0.25) is 0 Å². The number of benzene rings is 3. The van der Waals surface area contributed by atoms with Crippen LogP contribution in [0.4, 0.5) is 4.39 Å². The summed E-state index contributed by atoms with van der Waals surface area (Å²) in [5.41, 5.74) is 4.10. The van der Waals surface area contributed by atoms with Crippen LogP contribution in [0.1, 0.15) is 23.1 Å². The predicted molar refractivity (Wildman–Crippen MR) is 122 cm³/mol. The third kappa shape index (κ3) is 6.31. The van der Waals surface area contributed by atoms with Crippen LogP contribution in [-0.2, 0) is 16.4 Å². The summed E-state index contributed by atoms with van der Waals surface area (Å²) >= 11 is 0. The van der Waals surface area contributed by atoms with Crippen LogP contribution in [-0.4, -0.2) is 27.0 Å². The fourth-order valence-electron chi connectivity index (χ4n) is 3.47. The van der Waals surface area contributed by atoms with E-state index in [-0.39, 0.29) is 18.1 Å². The lowest BCUT2D eigenvalue weighted by Gasteiger charge is -2.16. The van der Waals surface area contributed by atoms with E-state index in [0.717, 1.165) is 28.0 Å². The third-order valence-corrected chi connectivity index (χ3v) is 5.97. The number of sulfone groups is 1. The van der Waals surface area contributed by atoms with Gasteiger partial charge >= 0.3 is 0 Å². The number of ether oxygens (including phenoxy) is 2. The van der Waals surface area contributed by atoms with Gasteiger partial charge in [-0.15, -0.1) is 0 Å². The Morgan fingerprint density at radius 2 is 1.68 bits per heavy atom. The second-order valence-corrected chi connectivity index (χ2v) is 9.90. The average Bonchev–Trinajstić information content (AvgIpc) is 2.73. The number of aryl methyl sites for hydroxylation is 1. The molecule has 6 heteroatoms. The lowest BCUT2D eigenvalue weighted by atomic mass is 9.94. The molecule has 0 atom stereocenters. The van der Waals surface area contributed by atoms with Crippen LogP contribution in [0.25, 0.3) is 11.1 Å². The molecule has 4 nitrogen and oxygen atoms in total. The summed E-state index contributed by atoms with van der Waals surface area (Å²) in [6.45, 7) is 4.21. The van der Waals surface area contributed by atoms with Crippen LogP contribution >= 0.6 is 0 Å². The van der Waals surface area contributed by atoms with E-state index < -0.39 is 15.7 Å². The second-order valence-electron chi connectivity index (χ2n) is 7.64. The minimum Gasteiger partial charge on any atom is -0.490 e. The summed E-state index contributed by atoms with van der Waals surface area (Å²) in [7, 11) is -3.06. The van der Waals surface area contributed by atoms with Gasteiger partial charge in [-0.3, -0.25) is 0 Å². The quantitative estimate of drug-likeness (QED) is 0.411. The van der Waals surface area contributed by atoms with Crippen molar-refractivity contribution in [2.24, 2.45) is 0 Å². The Morgan fingerprint density at radius 1 is 0.935 bits per heavy atom. The van der Waals surface area contributed by atoms with Gasteiger partial charge in [0, 0.05) is 6.26 Å². The van der Waals surface area contributed by atoms with E-state index in [0.29, 0.717) is 18.6 Å². The summed E-state index contributed by atoms with van der Waals surface area (Å²) in [4.78, 5) is 0. The van der Waals surface area contributed by atoms with Gasteiger partial charge in [0.1, 0.15) is 22.2 Å². The largest absolute Gasteiger partial charge is 0.490 e. The molecule has 0 spiro atoms. The third-order valence-electron chi connectivity index (χ3n) is 4.94. The Kier molecular flexibility index (Phi) is 7.33. The van der Waals surface area contributed by atoms with Crippen LogP contribution in [0.15, 0.2) is 60.7 Å².